The molecule has 10 heteroatoms. The Labute approximate surface area is 157 Å². The van der Waals surface area contributed by atoms with Gasteiger partial charge in [0.05, 0.1) is 29.5 Å². The number of β-amino-alcohol motifs (C(OH)–C–C–N with tert-alkyl or cyclic N) is 1. The quantitative estimate of drug-likeness (QED) is 0.548. The van der Waals surface area contributed by atoms with Gasteiger partial charge in [0.2, 0.25) is 5.95 Å². The summed E-state index contributed by atoms with van der Waals surface area (Å²) in [5.41, 5.74) is -0.0624. The van der Waals surface area contributed by atoms with Gasteiger partial charge in [0.15, 0.2) is 0 Å². The topological polar surface area (TPSA) is 110 Å². The highest BCUT2D eigenvalue weighted by atomic mass is 19.4. The number of alkyl halides is 3. The lowest BCUT2D eigenvalue weighted by atomic mass is 10.0. The van der Waals surface area contributed by atoms with Crippen LogP contribution in [0.25, 0.3) is 22.2 Å². The van der Waals surface area contributed by atoms with Gasteiger partial charge in [-0.05, 0) is 12.1 Å². The molecule has 2 atom stereocenters. The minimum Gasteiger partial charge on any atom is -0.390 e. The standard InChI is InChI=1S/C18H15F3N6O/c19-18(20,21)12-6-25-17(26-14-7-23-8-15(14)28)27-16(12)11-5-24-13-3-9(4-22)1-2-10(11)13/h1-3,5-6,14-15,23-24,28H,7-8H2,(H,25,26,27)/t14-,15+/m1/s1. The number of halogens is 3. The van der Waals surface area contributed by atoms with Crippen LogP contribution in [0.2, 0.25) is 0 Å². The Kier molecular flexibility index (Phi) is 4.41. The molecule has 4 rings (SSSR count). The monoisotopic (exact) mass is 388 g/mol. The maximum Gasteiger partial charge on any atom is 0.419 e. The summed E-state index contributed by atoms with van der Waals surface area (Å²) in [5, 5.41) is 25.3. The van der Waals surface area contributed by atoms with E-state index in [2.05, 4.69) is 25.6 Å². The number of fused-ring (bicyclic) bond motifs is 1. The molecule has 0 spiro atoms. The summed E-state index contributed by atoms with van der Waals surface area (Å²) in [6, 6.07) is 6.28. The second-order valence-corrected chi connectivity index (χ2v) is 6.50. The molecule has 1 saturated heterocycles. The summed E-state index contributed by atoms with van der Waals surface area (Å²) in [7, 11) is 0. The molecule has 1 aromatic carbocycles. The Hall–Kier alpha value is -3.16. The zero-order valence-corrected chi connectivity index (χ0v) is 14.4. The molecule has 0 radical (unpaired) electrons. The highest BCUT2D eigenvalue weighted by Gasteiger charge is 2.36. The molecule has 3 heterocycles. The molecule has 1 aliphatic rings. The van der Waals surface area contributed by atoms with E-state index in [0.29, 0.717) is 29.6 Å². The number of anilines is 1. The SMILES string of the molecule is N#Cc1ccc2c(-c3nc(N[C@@H]4CNC[C@@H]4O)ncc3C(F)(F)F)c[nH]c2c1. The number of nitriles is 1. The van der Waals surface area contributed by atoms with Gasteiger partial charge in [0.25, 0.3) is 0 Å². The Morgan fingerprint density at radius 3 is 2.79 bits per heavy atom. The molecule has 3 aromatic rings. The Morgan fingerprint density at radius 2 is 2.11 bits per heavy atom. The maximum absolute atomic E-state index is 13.6. The summed E-state index contributed by atoms with van der Waals surface area (Å²) in [6.07, 6.45) is -3.16. The van der Waals surface area contributed by atoms with E-state index in [0.717, 1.165) is 6.20 Å². The van der Waals surface area contributed by atoms with Crippen LogP contribution in [0.4, 0.5) is 19.1 Å². The average Bonchev–Trinajstić information content (AvgIpc) is 3.26. The third kappa shape index (κ3) is 3.26. The fraction of sp³-hybridized carbons (Fsp3) is 0.278. The first-order valence-electron chi connectivity index (χ1n) is 8.48. The molecule has 1 aliphatic heterocycles. The van der Waals surface area contributed by atoms with Gasteiger partial charge in [-0.2, -0.15) is 18.4 Å². The number of nitrogens with zero attached hydrogens (tertiary/aromatic N) is 3. The van der Waals surface area contributed by atoms with Crippen molar-refractivity contribution in [3.8, 4) is 17.3 Å². The van der Waals surface area contributed by atoms with E-state index in [1.165, 1.54) is 12.3 Å². The summed E-state index contributed by atoms with van der Waals surface area (Å²) in [5.74, 6) is -0.00116. The second kappa shape index (κ2) is 6.78. The first-order chi connectivity index (χ1) is 13.4. The van der Waals surface area contributed by atoms with Gasteiger partial charge in [0.1, 0.15) is 5.56 Å². The highest BCUT2D eigenvalue weighted by Crippen LogP contribution is 2.38. The lowest BCUT2D eigenvalue weighted by Crippen LogP contribution is -2.32. The van der Waals surface area contributed by atoms with Crippen molar-refractivity contribution in [2.75, 3.05) is 18.4 Å². The van der Waals surface area contributed by atoms with Gasteiger partial charge < -0.3 is 20.7 Å². The van der Waals surface area contributed by atoms with Crippen LogP contribution in [-0.2, 0) is 6.18 Å². The van der Waals surface area contributed by atoms with Crippen molar-refractivity contribution in [1.82, 2.24) is 20.3 Å². The van der Waals surface area contributed by atoms with E-state index in [1.807, 2.05) is 6.07 Å². The number of benzene rings is 1. The molecule has 144 valence electrons. The van der Waals surface area contributed by atoms with Gasteiger partial charge in [-0.3, -0.25) is 0 Å². The number of aliphatic hydroxyl groups excluding tert-OH is 1. The van der Waals surface area contributed by atoms with Crippen molar-refractivity contribution in [3.05, 3.63) is 41.7 Å². The number of aromatic nitrogens is 3. The van der Waals surface area contributed by atoms with Gasteiger partial charge in [0, 0.05) is 41.9 Å². The number of rotatable bonds is 3. The van der Waals surface area contributed by atoms with Crippen LogP contribution in [0.3, 0.4) is 0 Å². The third-order valence-electron chi connectivity index (χ3n) is 4.66. The zero-order chi connectivity index (χ0) is 19.9. The smallest absolute Gasteiger partial charge is 0.390 e. The first-order valence-corrected chi connectivity index (χ1v) is 8.48. The lowest BCUT2D eigenvalue weighted by molar-refractivity contribution is -0.137. The highest BCUT2D eigenvalue weighted by molar-refractivity contribution is 5.96. The Bertz CT molecular complexity index is 1070. The molecule has 1 fully saturated rings. The predicted octanol–water partition coefficient (Wildman–Crippen LogP) is 2.26. The van der Waals surface area contributed by atoms with Crippen LogP contribution in [0, 0.1) is 11.3 Å². The van der Waals surface area contributed by atoms with Crippen LogP contribution < -0.4 is 10.6 Å². The molecule has 0 saturated carbocycles. The summed E-state index contributed by atoms with van der Waals surface area (Å²) in [6.45, 7) is 0.833. The van der Waals surface area contributed by atoms with E-state index >= 15 is 0 Å². The lowest BCUT2D eigenvalue weighted by Gasteiger charge is -2.17. The number of H-pyrrole nitrogens is 1. The molecule has 28 heavy (non-hydrogen) atoms. The molecule has 7 nitrogen and oxygen atoms in total. The van der Waals surface area contributed by atoms with Crippen molar-refractivity contribution in [3.63, 3.8) is 0 Å². The third-order valence-corrected chi connectivity index (χ3v) is 4.66. The molecule has 0 amide bonds. The fourth-order valence-corrected chi connectivity index (χ4v) is 3.23. The molecule has 4 N–H and O–H groups in total. The van der Waals surface area contributed by atoms with Gasteiger partial charge in [-0.25, -0.2) is 9.97 Å². The van der Waals surface area contributed by atoms with Crippen LogP contribution in [0.1, 0.15) is 11.1 Å². The van der Waals surface area contributed by atoms with E-state index in [9.17, 15) is 18.3 Å². The molecule has 0 bridgehead atoms. The van der Waals surface area contributed by atoms with Gasteiger partial charge >= 0.3 is 6.18 Å². The second-order valence-electron chi connectivity index (χ2n) is 6.50. The number of nitrogens with one attached hydrogen (secondary N) is 3. The summed E-state index contributed by atoms with van der Waals surface area (Å²) in [4.78, 5) is 10.8. The van der Waals surface area contributed by atoms with Crippen molar-refractivity contribution >= 4 is 16.9 Å². The minimum absolute atomic E-state index is 0.00116. The number of hydrogen-bond acceptors (Lipinski definition) is 6. The first kappa shape index (κ1) is 18.2. The van der Waals surface area contributed by atoms with Crippen LogP contribution in [0.5, 0.6) is 0 Å². The van der Waals surface area contributed by atoms with E-state index in [1.54, 1.807) is 12.1 Å². The minimum atomic E-state index is -4.64. The number of aromatic amines is 1. The van der Waals surface area contributed by atoms with E-state index < -0.39 is 23.9 Å². The Morgan fingerprint density at radius 1 is 1.29 bits per heavy atom. The van der Waals surface area contributed by atoms with Crippen molar-refractivity contribution in [2.45, 2.75) is 18.3 Å². The molecule has 2 aromatic heterocycles. The predicted molar refractivity (Wildman–Crippen MR) is 95.3 cm³/mol. The largest absolute Gasteiger partial charge is 0.419 e. The number of hydrogen-bond donors (Lipinski definition) is 4. The van der Waals surface area contributed by atoms with Crippen LogP contribution in [-0.4, -0.2) is 45.3 Å². The zero-order valence-electron chi connectivity index (χ0n) is 14.4. The van der Waals surface area contributed by atoms with Crippen molar-refractivity contribution < 1.29 is 18.3 Å². The van der Waals surface area contributed by atoms with Crippen molar-refractivity contribution in [1.29, 1.82) is 5.26 Å². The summed E-state index contributed by atoms with van der Waals surface area (Å²) >= 11 is 0. The van der Waals surface area contributed by atoms with Crippen LogP contribution in [0.15, 0.2) is 30.6 Å². The molecule has 0 unspecified atom stereocenters. The molecular formula is C18H15F3N6O. The maximum atomic E-state index is 13.6. The average molecular weight is 388 g/mol. The van der Waals surface area contributed by atoms with Crippen LogP contribution >= 0.6 is 0 Å². The van der Waals surface area contributed by atoms with Gasteiger partial charge in [-0.1, -0.05) is 6.07 Å². The number of aliphatic hydroxyl groups is 1. The molecular weight excluding hydrogens is 373 g/mol. The molecule has 0 aliphatic carbocycles. The van der Waals surface area contributed by atoms with E-state index in [-0.39, 0.29) is 17.2 Å². The van der Waals surface area contributed by atoms with Gasteiger partial charge in [-0.15, -0.1) is 0 Å². The van der Waals surface area contributed by atoms with Crippen molar-refractivity contribution in [2.24, 2.45) is 0 Å². The van der Waals surface area contributed by atoms with E-state index in [4.69, 9.17) is 5.26 Å². The normalized spacial score (nSPS) is 19.7. The fourth-order valence-electron chi connectivity index (χ4n) is 3.23. The summed E-state index contributed by atoms with van der Waals surface area (Å²) < 4.78 is 40.7. The Balaban J connectivity index is 1.82.